The van der Waals surface area contributed by atoms with Crippen LogP contribution >= 0.6 is 0 Å². The normalized spacial score (nSPS) is 20.8. The Hall–Kier alpha value is -2.51. The fourth-order valence-electron chi connectivity index (χ4n) is 3.75. The number of aromatic nitrogens is 7. The van der Waals surface area contributed by atoms with Crippen molar-refractivity contribution < 1.29 is 0 Å². The molecule has 1 aliphatic rings. The lowest BCUT2D eigenvalue weighted by atomic mass is 10.1. The fourth-order valence-corrected chi connectivity index (χ4v) is 3.75. The van der Waals surface area contributed by atoms with Gasteiger partial charge in [-0.25, -0.2) is 14.6 Å². The molecule has 0 spiro atoms. The third-order valence-electron chi connectivity index (χ3n) is 4.84. The summed E-state index contributed by atoms with van der Waals surface area (Å²) in [5.41, 5.74) is 3.98. The van der Waals surface area contributed by atoms with E-state index in [1.165, 1.54) is 0 Å². The summed E-state index contributed by atoms with van der Waals surface area (Å²) in [5.74, 6) is 1.37. The molecule has 8 heteroatoms. The van der Waals surface area contributed by atoms with E-state index in [1.807, 2.05) is 20.3 Å². The van der Waals surface area contributed by atoms with Crippen LogP contribution in [-0.2, 0) is 7.05 Å². The molecule has 24 heavy (non-hydrogen) atoms. The zero-order chi connectivity index (χ0) is 16.7. The highest BCUT2D eigenvalue weighted by molar-refractivity contribution is 5.86. The molecule has 1 N–H and O–H groups in total. The number of nitrogens with zero attached hydrogens (tertiary/aromatic N) is 7. The standard InChI is InChI=1S/C16H22N8/c1-4-17-13-7-10(2)19-16-14(13)18-9-24(16)12-6-5-11(8-12)15-20-21-22-23(15)3/h7,9,11-12H,4-6,8H2,1-3H3,(H,17,19)/t11-,12+/m1/s1. The van der Waals surface area contributed by atoms with E-state index in [0.717, 1.165) is 54.2 Å². The van der Waals surface area contributed by atoms with E-state index in [-0.39, 0.29) is 0 Å². The molecule has 0 aromatic carbocycles. The number of fused-ring (bicyclic) bond motifs is 1. The van der Waals surface area contributed by atoms with Gasteiger partial charge in [-0.15, -0.1) is 5.10 Å². The highest BCUT2D eigenvalue weighted by atomic mass is 15.5. The Balaban J connectivity index is 1.67. The number of nitrogens with one attached hydrogen (secondary N) is 1. The highest BCUT2D eigenvalue weighted by Crippen LogP contribution is 2.41. The van der Waals surface area contributed by atoms with E-state index < -0.39 is 0 Å². The second-order valence-corrected chi connectivity index (χ2v) is 6.49. The Morgan fingerprint density at radius 3 is 2.96 bits per heavy atom. The molecule has 8 nitrogen and oxygen atoms in total. The van der Waals surface area contributed by atoms with Gasteiger partial charge in [-0.1, -0.05) is 0 Å². The molecule has 4 rings (SSSR count). The Labute approximate surface area is 140 Å². The van der Waals surface area contributed by atoms with Gasteiger partial charge in [0, 0.05) is 31.2 Å². The molecule has 3 aromatic rings. The quantitative estimate of drug-likeness (QED) is 0.791. The van der Waals surface area contributed by atoms with Gasteiger partial charge in [0.2, 0.25) is 0 Å². The molecule has 2 atom stereocenters. The van der Waals surface area contributed by atoms with Gasteiger partial charge in [0.05, 0.1) is 12.0 Å². The third kappa shape index (κ3) is 2.42. The van der Waals surface area contributed by atoms with Crippen molar-refractivity contribution in [1.82, 2.24) is 34.7 Å². The van der Waals surface area contributed by atoms with E-state index in [2.05, 4.69) is 43.4 Å². The van der Waals surface area contributed by atoms with Crippen LogP contribution in [0.15, 0.2) is 12.4 Å². The van der Waals surface area contributed by atoms with Crippen LogP contribution < -0.4 is 5.32 Å². The monoisotopic (exact) mass is 326 g/mol. The zero-order valence-electron chi connectivity index (χ0n) is 14.3. The van der Waals surface area contributed by atoms with Crippen molar-refractivity contribution in [2.45, 2.75) is 45.1 Å². The van der Waals surface area contributed by atoms with Crippen LogP contribution in [0.2, 0.25) is 0 Å². The molecular formula is C16H22N8. The number of anilines is 1. The Kier molecular flexibility index (Phi) is 3.66. The summed E-state index contributed by atoms with van der Waals surface area (Å²) >= 11 is 0. The van der Waals surface area contributed by atoms with Crippen LogP contribution in [0.5, 0.6) is 0 Å². The molecule has 0 bridgehead atoms. The first-order valence-electron chi connectivity index (χ1n) is 8.47. The number of imidazole rings is 1. The summed E-state index contributed by atoms with van der Waals surface area (Å²) < 4.78 is 4.01. The lowest BCUT2D eigenvalue weighted by Gasteiger charge is -2.14. The number of aryl methyl sites for hydroxylation is 2. The van der Waals surface area contributed by atoms with Crippen molar-refractivity contribution in [2.75, 3.05) is 11.9 Å². The lowest BCUT2D eigenvalue weighted by Crippen LogP contribution is -2.08. The first kappa shape index (κ1) is 15.0. The molecule has 126 valence electrons. The van der Waals surface area contributed by atoms with Gasteiger partial charge >= 0.3 is 0 Å². The largest absolute Gasteiger partial charge is 0.383 e. The van der Waals surface area contributed by atoms with Gasteiger partial charge in [-0.2, -0.15) is 0 Å². The van der Waals surface area contributed by atoms with Crippen molar-refractivity contribution in [3.8, 4) is 0 Å². The van der Waals surface area contributed by atoms with Gasteiger partial charge in [0.1, 0.15) is 5.52 Å². The molecule has 1 aliphatic carbocycles. The van der Waals surface area contributed by atoms with Crippen LogP contribution in [0, 0.1) is 6.92 Å². The SMILES string of the molecule is CCNc1cc(C)nc2c1ncn2[C@H]1CC[C@@H](c2nnnn2C)C1. The van der Waals surface area contributed by atoms with E-state index in [9.17, 15) is 0 Å². The molecule has 3 aromatic heterocycles. The molecule has 0 unspecified atom stereocenters. The second kappa shape index (κ2) is 5.85. The van der Waals surface area contributed by atoms with Gasteiger partial charge < -0.3 is 9.88 Å². The first-order chi connectivity index (χ1) is 11.7. The molecule has 3 heterocycles. The molecule has 0 saturated heterocycles. The van der Waals surface area contributed by atoms with Crippen molar-refractivity contribution in [1.29, 1.82) is 0 Å². The highest BCUT2D eigenvalue weighted by Gasteiger charge is 2.31. The van der Waals surface area contributed by atoms with Crippen molar-refractivity contribution in [2.24, 2.45) is 7.05 Å². The summed E-state index contributed by atoms with van der Waals surface area (Å²) in [6, 6.07) is 2.45. The van der Waals surface area contributed by atoms with Crippen LogP contribution in [-0.4, -0.2) is 41.3 Å². The molecule has 1 saturated carbocycles. The molecule has 0 aliphatic heterocycles. The number of pyridine rings is 1. The number of rotatable bonds is 4. The van der Waals surface area contributed by atoms with Crippen LogP contribution in [0.3, 0.4) is 0 Å². The van der Waals surface area contributed by atoms with Gasteiger partial charge in [0.25, 0.3) is 0 Å². The first-order valence-corrected chi connectivity index (χ1v) is 8.47. The predicted octanol–water partition coefficient (Wildman–Crippen LogP) is 2.20. The summed E-state index contributed by atoms with van der Waals surface area (Å²) in [5, 5.41) is 15.3. The van der Waals surface area contributed by atoms with Gasteiger partial charge in [-0.05, 0) is 49.6 Å². The van der Waals surface area contributed by atoms with Crippen molar-refractivity contribution in [3.63, 3.8) is 0 Å². The third-order valence-corrected chi connectivity index (χ3v) is 4.84. The molecular weight excluding hydrogens is 304 g/mol. The van der Waals surface area contributed by atoms with Gasteiger partial charge in [-0.3, -0.25) is 0 Å². The Morgan fingerprint density at radius 1 is 1.33 bits per heavy atom. The van der Waals surface area contributed by atoms with Crippen LogP contribution in [0.1, 0.15) is 49.7 Å². The van der Waals surface area contributed by atoms with E-state index in [0.29, 0.717) is 12.0 Å². The van der Waals surface area contributed by atoms with E-state index in [1.54, 1.807) is 4.68 Å². The minimum atomic E-state index is 0.389. The van der Waals surface area contributed by atoms with Crippen LogP contribution in [0.4, 0.5) is 5.69 Å². The summed E-state index contributed by atoms with van der Waals surface area (Å²) in [6.07, 6.45) is 5.13. The number of hydrogen-bond donors (Lipinski definition) is 1. The molecule has 0 radical (unpaired) electrons. The number of hydrogen-bond acceptors (Lipinski definition) is 6. The number of tetrazole rings is 1. The maximum absolute atomic E-state index is 4.74. The topological polar surface area (TPSA) is 86.3 Å². The van der Waals surface area contributed by atoms with E-state index >= 15 is 0 Å². The summed E-state index contributed by atoms with van der Waals surface area (Å²) in [7, 11) is 1.91. The minimum Gasteiger partial charge on any atom is -0.383 e. The average molecular weight is 326 g/mol. The van der Waals surface area contributed by atoms with Gasteiger partial charge in [0.15, 0.2) is 11.5 Å². The predicted molar refractivity (Wildman–Crippen MR) is 90.9 cm³/mol. The average Bonchev–Trinajstić information content (AvgIpc) is 3.25. The zero-order valence-corrected chi connectivity index (χ0v) is 14.3. The minimum absolute atomic E-state index is 0.389. The smallest absolute Gasteiger partial charge is 0.162 e. The van der Waals surface area contributed by atoms with Crippen LogP contribution in [0.25, 0.3) is 11.2 Å². The fraction of sp³-hybridized carbons (Fsp3) is 0.562. The maximum atomic E-state index is 4.74. The van der Waals surface area contributed by atoms with E-state index in [4.69, 9.17) is 4.98 Å². The Bertz CT molecular complexity index is 864. The van der Waals surface area contributed by atoms with Crippen molar-refractivity contribution in [3.05, 3.63) is 23.9 Å². The lowest BCUT2D eigenvalue weighted by molar-refractivity contribution is 0.510. The Morgan fingerprint density at radius 2 is 2.21 bits per heavy atom. The van der Waals surface area contributed by atoms with Crippen molar-refractivity contribution >= 4 is 16.9 Å². The summed E-state index contributed by atoms with van der Waals surface area (Å²) in [6.45, 7) is 4.99. The summed E-state index contributed by atoms with van der Waals surface area (Å²) in [4.78, 5) is 9.36. The molecule has 0 amide bonds. The maximum Gasteiger partial charge on any atom is 0.162 e. The second-order valence-electron chi connectivity index (χ2n) is 6.49. The molecule has 1 fully saturated rings.